The van der Waals surface area contributed by atoms with Crippen LogP contribution in [0.4, 0.5) is 28.4 Å². The van der Waals surface area contributed by atoms with Gasteiger partial charge in [-0.1, -0.05) is 121 Å². The second-order valence-electron chi connectivity index (χ2n) is 16.3. The van der Waals surface area contributed by atoms with Crippen LogP contribution in [0, 0.1) is 22.7 Å². The lowest BCUT2D eigenvalue weighted by Gasteiger charge is -2.34. The van der Waals surface area contributed by atoms with Gasteiger partial charge in [0, 0.05) is 55.7 Å². The summed E-state index contributed by atoms with van der Waals surface area (Å²) in [5.74, 6) is 0. The molecule has 8 aromatic carbocycles. The van der Waals surface area contributed by atoms with E-state index in [1.807, 2.05) is 24.3 Å². The van der Waals surface area contributed by atoms with Gasteiger partial charge in [-0.15, -0.1) is 0 Å². The van der Waals surface area contributed by atoms with Crippen LogP contribution in [0.25, 0.3) is 49.3 Å². The van der Waals surface area contributed by atoms with E-state index < -0.39 is 6.85 Å². The topological polar surface area (TPSA) is 63.9 Å². The third-order valence-corrected chi connectivity index (χ3v) is 12.9. The van der Waals surface area contributed by atoms with Crippen LogP contribution < -0.4 is 20.7 Å². The molecule has 10 aromatic rings. The van der Waals surface area contributed by atoms with Crippen LogP contribution >= 0.6 is 0 Å². The van der Waals surface area contributed by atoms with Crippen molar-refractivity contribution in [3.05, 3.63) is 217 Å². The van der Waals surface area contributed by atoms with Crippen molar-refractivity contribution in [2.75, 3.05) is 9.80 Å². The number of anilines is 5. The molecule has 3 heterocycles. The molecule has 0 saturated heterocycles. The van der Waals surface area contributed by atoms with E-state index in [9.17, 15) is 10.5 Å². The van der Waals surface area contributed by atoms with Gasteiger partial charge in [0.05, 0.1) is 39.2 Å². The third-order valence-electron chi connectivity index (χ3n) is 12.9. The van der Waals surface area contributed by atoms with E-state index in [1.165, 1.54) is 0 Å². The van der Waals surface area contributed by atoms with E-state index in [2.05, 4.69) is 213 Å². The number of hydrogen-bond donors (Lipinski definition) is 0. The molecule has 1 atom stereocenters. The predicted molar refractivity (Wildman–Crippen MR) is 260 cm³/mol. The fourth-order valence-electron chi connectivity index (χ4n) is 10.3. The summed E-state index contributed by atoms with van der Waals surface area (Å²) in [5.41, 5.74) is 13.6. The van der Waals surface area contributed by atoms with Crippen molar-refractivity contribution in [2.45, 2.75) is 12.5 Å². The van der Waals surface area contributed by atoms with Gasteiger partial charge in [0.15, 0.2) is 0 Å². The summed E-state index contributed by atoms with van der Waals surface area (Å²) in [4.78, 5) is 4.79. The van der Waals surface area contributed by atoms with E-state index in [-0.39, 0.29) is 6.04 Å². The average molecular weight is 805 g/mol. The molecule has 1 aliphatic heterocycles. The van der Waals surface area contributed by atoms with Gasteiger partial charge in [0.25, 0.3) is 0 Å². The first-order valence-corrected chi connectivity index (χ1v) is 21.4. The monoisotopic (exact) mass is 804 g/mol. The molecule has 294 valence electrons. The van der Waals surface area contributed by atoms with Crippen molar-refractivity contribution in [3.63, 3.8) is 0 Å². The maximum Gasteiger partial charge on any atom is 0.332 e. The van der Waals surface area contributed by atoms with E-state index >= 15 is 0 Å². The molecule has 2 aromatic heterocycles. The Kier molecular flexibility index (Phi) is 8.42. The quantitative estimate of drug-likeness (QED) is 0.151. The van der Waals surface area contributed by atoms with Crippen LogP contribution in [-0.2, 0) is 0 Å². The van der Waals surface area contributed by atoms with Crippen molar-refractivity contribution >= 4 is 89.8 Å². The van der Waals surface area contributed by atoms with E-state index in [0.717, 1.165) is 95.1 Å². The van der Waals surface area contributed by atoms with Gasteiger partial charge >= 0.3 is 6.85 Å². The summed E-state index contributed by atoms with van der Waals surface area (Å²) in [7, 11) is 0. The summed E-state index contributed by atoms with van der Waals surface area (Å²) in [6, 6.07) is 69.1. The molecular formula is C56H37BN6. The maximum atomic E-state index is 10.8. The van der Waals surface area contributed by atoms with Crippen LogP contribution in [0.1, 0.15) is 17.5 Å². The molecule has 0 radical (unpaired) electrons. The van der Waals surface area contributed by atoms with Crippen molar-refractivity contribution in [2.24, 2.45) is 0 Å². The highest BCUT2D eigenvalue weighted by molar-refractivity contribution is 6.88. The summed E-state index contributed by atoms with van der Waals surface area (Å²) in [6.07, 6.45) is 9.66. The molecule has 63 heavy (non-hydrogen) atoms. The molecule has 6 nitrogen and oxygen atoms in total. The molecular weight excluding hydrogens is 767 g/mol. The summed E-state index contributed by atoms with van der Waals surface area (Å²) in [6.45, 7) is -0.395. The van der Waals surface area contributed by atoms with Crippen LogP contribution in [0.3, 0.4) is 0 Å². The molecule has 1 unspecified atom stereocenters. The van der Waals surface area contributed by atoms with Gasteiger partial charge in [0.1, 0.15) is 12.1 Å². The largest absolute Gasteiger partial charge is 0.374 e. The lowest BCUT2D eigenvalue weighted by molar-refractivity contribution is 0.786. The van der Waals surface area contributed by atoms with Crippen LogP contribution in [0.2, 0.25) is 0 Å². The van der Waals surface area contributed by atoms with Crippen LogP contribution in [0.5, 0.6) is 0 Å². The molecule has 2 aliphatic rings. The van der Waals surface area contributed by atoms with Gasteiger partial charge in [-0.25, -0.2) is 0 Å². The highest BCUT2D eigenvalue weighted by Crippen LogP contribution is 2.43. The van der Waals surface area contributed by atoms with E-state index in [4.69, 9.17) is 0 Å². The maximum absolute atomic E-state index is 10.8. The first-order valence-electron chi connectivity index (χ1n) is 21.4. The summed E-state index contributed by atoms with van der Waals surface area (Å²) >= 11 is 0. The Bertz CT molecular complexity index is 3480. The van der Waals surface area contributed by atoms with E-state index in [0.29, 0.717) is 11.1 Å². The molecule has 0 spiro atoms. The molecule has 7 heteroatoms. The number of nitrogens with zero attached hydrogens (tertiary/aromatic N) is 6. The Balaban J connectivity index is 1.24. The first-order chi connectivity index (χ1) is 31.2. The van der Waals surface area contributed by atoms with Crippen LogP contribution in [0.15, 0.2) is 206 Å². The molecule has 12 rings (SSSR count). The Morgan fingerprint density at radius 2 is 1.10 bits per heavy atom. The highest BCUT2D eigenvalue weighted by Gasteiger charge is 2.38. The minimum atomic E-state index is -0.395. The van der Waals surface area contributed by atoms with Crippen molar-refractivity contribution in [1.82, 2.24) is 9.05 Å². The lowest BCUT2D eigenvalue weighted by atomic mass is 9.48. The predicted octanol–water partition coefficient (Wildman–Crippen LogP) is 12.1. The first kappa shape index (κ1) is 36.3. The second kappa shape index (κ2) is 14.6. The fraction of sp³-hybridized carbons (Fsp3) is 0.0357. The SMILES string of the molecule is N#Cc1cccc2c3cccc(C#N)c3n(B3c4ccccc4-n4c5ccc(N(c6ccccc6)c6ccccc6)cc5c5cc(N(c6ccccc6)C6C=CC=CC6)cc3c54)c12. The zero-order valence-corrected chi connectivity index (χ0v) is 34.2. The smallest absolute Gasteiger partial charge is 0.332 e. The van der Waals surface area contributed by atoms with Gasteiger partial charge in [-0.3, -0.25) is 0 Å². The molecule has 0 saturated carbocycles. The Morgan fingerprint density at radius 3 is 1.71 bits per heavy atom. The van der Waals surface area contributed by atoms with Crippen LogP contribution in [-0.4, -0.2) is 21.9 Å². The molecule has 1 aliphatic carbocycles. The second-order valence-corrected chi connectivity index (χ2v) is 16.3. The van der Waals surface area contributed by atoms with Gasteiger partial charge in [-0.2, -0.15) is 10.5 Å². The minimum Gasteiger partial charge on any atom is -0.374 e. The number of aromatic nitrogens is 2. The van der Waals surface area contributed by atoms with Crippen molar-refractivity contribution < 1.29 is 0 Å². The highest BCUT2D eigenvalue weighted by atomic mass is 15.2. The normalized spacial score (nSPS) is 13.9. The number of hydrogen-bond acceptors (Lipinski definition) is 4. The molecule has 0 fully saturated rings. The number of nitriles is 2. The number of rotatable bonds is 7. The van der Waals surface area contributed by atoms with Crippen molar-refractivity contribution in [3.8, 4) is 17.8 Å². The van der Waals surface area contributed by atoms with E-state index in [1.54, 1.807) is 0 Å². The Morgan fingerprint density at radius 1 is 0.492 bits per heavy atom. The average Bonchev–Trinajstić information content (AvgIpc) is 3.86. The third kappa shape index (κ3) is 5.57. The molecule has 0 N–H and O–H groups in total. The zero-order chi connectivity index (χ0) is 42.0. The number of benzene rings is 8. The Hall–Kier alpha value is -8.52. The number of fused-ring (bicyclic) bond motifs is 8. The zero-order valence-electron chi connectivity index (χ0n) is 34.2. The van der Waals surface area contributed by atoms with Gasteiger partial charge in [-0.05, 0) is 102 Å². The Labute approximate surface area is 365 Å². The van der Waals surface area contributed by atoms with Crippen molar-refractivity contribution in [1.29, 1.82) is 10.5 Å². The summed E-state index contributed by atoms with van der Waals surface area (Å²) in [5, 5.41) is 25.7. The lowest BCUT2D eigenvalue weighted by Crippen LogP contribution is -2.53. The fourth-order valence-corrected chi connectivity index (χ4v) is 10.3. The number of para-hydroxylation sites is 6. The molecule has 0 bridgehead atoms. The van der Waals surface area contributed by atoms with Gasteiger partial charge in [0.2, 0.25) is 0 Å². The summed E-state index contributed by atoms with van der Waals surface area (Å²) < 4.78 is 4.74. The minimum absolute atomic E-state index is 0.0653. The standard InChI is InChI=1S/C56H37BN6/c58-36-38-17-15-27-46-47-28-16-18-39(37-59)55(47)63(54(38)46)57-50-29-13-14-30-53(50)62-52-32-31-44(60(40-19-5-1-6-20-40)41-21-7-2-8-22-41)33-48(52)49-34-45(35-51(57)56(49)62)61(42-23-9-3-10-24-42)43-25-11-4-12-26-43/h1-25,27-35,43H,26H2. The van der Waals surface area contributed by atoms with Gasteiger partial charge < -0.3 is 18.8 Å². The number of allylic oxidation sites excluding steroid dienone is 2. The molecule has 0 amide bonds.